The molecular weight excluding hydrogens is 232 g/mol. The summed E-state index contributed by atoms with van der Waals surface area (Å²) in [5.74, 6) is 0.806. The second-order valence-corrected chi connectivity index (χ2v) is 3.39. The van der Waals surface area contributed by atoms with Gasteiger partial charge in [0.25, 0.3) is 0 Å². The van der Waals surface area contributed by atoms with Gasteiger partial charge in [0.05, 0.1) is 7.11 Å². The molecule has 1 aromatic heterocycles. The third kappa shape index (κ3) is 2.98. The van der Waals surface area contributed by atoms with Gasteiger partial charge in [0.1, 0.15) is 11.4 Å². The Hall–Kier alpha value is -2.56. The molecule has 18 heavy (non-hydrogen) atoms. The molecule has 5 nitrogen and oxygen atoms in total. The number of nitrogens with zero attached hydrogens (tertiary/aromatic N) is 1. The number of hydrogen-bond acceptors (Lipinski definition) is 4. The van der Waals surface area contributed by atoms with Crippen molar-refractivity contribution >= 4 is 11.8 Å². The van der Waals surface area contributed by atoms with Gasteiger partial charge < -0.3 is 9.47 Å². The van der Waals surface area contributed by atoms with Gasteiger partial charge in [-0.1, -0.05) is 18.2 Å². The minimum absolute atomic E-state index is 0.336. The first kappa shape index (κ1) is 11.9. The van der Waals surface area contributed by atoms with E-state index >= 15 is 0 Å². The highest BCUT2D eigenvalue weighted by Gasteiger charge is 2.09. The van der Waals surface area contributed by atoms with Gasteiger partial charge in [-0.3, -0.25) is 5.32 Å². The summed E-state index contributed by atoms with van der Waals surface area (Å²) in [7, 11) is 1.48. The lowest BCUT2D eigenvalue weighted by molar-refractivity contribution is 0.215. The van der Waals surface area contributed by atoms with Gasteiger partial charge in [0.15, 0.2) is 0 Å². The Morgan fingerprint density at radius 3 is 2.67 bits per heavy atom. The van der Waals surface area contributed by atoms with Crippen LogP contribution >= 0.6 is 0 Å². The smallest absolute Gasteiger partial charge is 0.417 e. The van der Waals surface area contributed by atoms with Crippen molar-refractivity contribution < 1.29 is 14.3 Å². The molecule has 1 heterocycles. The fraction of sp³-hybridized carbons (Fsp3) is 0.0769. The third-order valence-corrected chi connectivity index (χ3v) is 2.15. The van der Waals surface area contributed by atoms with Crippen LogP contribution in [0, 0.1) is 0 Å². The van der Waals surface area contributed by atoms with E-state index in [-0.39, 0.29) is 0 Å². The fourth-order valence-corrected chi connectivity index (χ4v) is 1.38. The van der Waals surface area contributed by atoms with E-state index in [2.05, 4.69) is 10.3 Å². The first-order valence-electron chi connectivity index (χ1n) is 5.32. The number of rotatable bonds is 3. The number of benzene rings is 1. The Morgan fingerprint density at radius 2 is 1.94 bits per heavy atom. The first-order valence-corrected chi connectivity index (χ1v) is 5.32. The summed E-state index contributed by atoms with van der Waals surface area (Å²) in [5, 5.41) is 2.56. The summed E-state index contributed by atoms with van der Waals surface area (Å²) in [4.78, 5) is 15.6. The fourth-order valence-electron chi connectivity index (χ4n) is 1.38. The van der Waals surface area contributed by atoms with Gasteiger partial charge in [0, 0.05) is 6.20 Å². The highest BCUT2D eigenvalue weighted by molar-refractivity contribution is 5.87. The molecule has 0 aliphatic carbocycles. The summed E-state index contributed by atoms with van der Waals surface area (Å²) in [6.45, 7) is 0. The molecular formula is C13H12N2O3. The summed E-state index contributed by atoms with van der Waals surface area (Å²) in [6.07, 6.45) is 0.986. The largest absolute Gasteiger partial charge is 0.480 e. The Labute approximate surface area is 104 Å². The molecule has 1 amide bonds. The normalized spacial score (nSPS) is 9.61. The minimum Gasteiger partial charge on any atom is -0.480 e. The van der Waals surface area contributed by atoms with E-state index in [0.29, 0.717) is 17.3 Å². The Bertz CT molecular complexity index is 529. The second kappa shape index (κ2) is 5.67. The molecule has 0 saturated carbocycles. The van der Waals surface area contributed by atoms with Gasteiger partial charge in [-0.15, -0.1) is 0 Å². The number of anilines is 1. The lowest BCUT2D eigenvalue weighted by Crippen LogP contribution is -2.17. The van der Waals surface area contributed by atoms with E-state index in [1.54, 1.807) is 42.6 Å². The van der Waals surface area contributed by atoms with Crippen molar-refractivity contribution in [3.8, 4) is 11.6 Å². The molecule has 1 aromatic carbocycles. The molecule has 92 valence electrons. The number of hydrogen-bond donors (Lipinski definition) is 1. The maximum Gasteiger partial charge on any atom is 0.417 e. The lowest BCUT2D eigenvalue weighted by Gasteiger charge is -2.08. The highest BCUT2D eigenvalue weighted by Crippen LogP contribution is 2.20. The van der Waals surface area contributed by atoms with Gasteiger partial charge in [-0.2, -0.15) is 0 Å². The van der Waals surface area contributed by atoms with Gasteiger partial charge in [0.2, 0.25) is 5.88 Å². The van der Waals surface area contributed by atoms with E-state index in [0.717, 1.165) is 0 Å². The molecule has 0 atom stereocenters. The van der Waals surface area contributed by atoms with Crippen LogP contribution in [-0.4, -0.2) is 18.2 Å². The summed E-state index contributed by atoms with van der Waals surface area (Å²) >= 11 is 0. The van der Waals surface area contributed by atoms with Crippen molar-refractivity contribution in [1.82, 2.24) is 4.98 Å². The quantitative estimate of drug-likeness (QED) is 0.901. The van der Waals surface area contributed by atoms with Crippen LogP contribution in [0.3, 0.4) is 0 Å². The molecule has 2 aromatic rings. The first-order chi connectivity index (χ1) is 8.79. The lowest BCUT2D eigenvalue weighted by atomic mass is 10.3. The van der Waals surface area contributed by atoms with Crippen molar-refractivity contribution in [2.24, 2.45) is 0 Å². The van der Waals surface area contributed by atoms with Gasteiger partial charge in [-0.25, -0.2) is 9.78 Å². The van der Waals surface area contributed by atoms with Crippen molar-refractivity contribution in [1.29, 1.82) is 0 Å². The van der Waals surface area contributed by atoms with Crippen LogP contribution in [0.5, 0.6) is 11.6 Å². The third-order valence-electron chi connectivity index (χ3n) is 2.15. The number of carbonyl (C=O) groups excluding carboxylic acids is 1. The zero-order chi connectivity index (χ0) is 12.8. The topological polar surface area (TPSA) is 60.5 Å². The zero-order valence-corrected chi connectivity index (χ0v) is 9.79. The maximum atomic E-state index is 11.6. The number of carbonyl (C=O) groups is 1. The number of aromatic nitrogens is 1. The molecule has 0 unspecified atom stereocenters. The van der Waals surface area contributed by atoms with Crippen LogP contribution in [0.25, 0.3) is 0 Å². The number of para-hydroxylation sites is 1. The molecule has 0 saturated heterocycles. The number of nitrogens with one attached hydrogen (secondary N) is 1. The molecule has 0 radical (unpaired) electrons. The van der Waals surface area contributed by atoms with Crippen LogP contribution < -0.4 is 14.8 Å². The number of ether oxygens (including phenoxy) is 2. The molecule has 0 fully saturated rings. The number of pyridine rings is 1. The zero-order valence-electron chi connectivity index (χ0n) is 9.79. The molecule has 5 heteroatoms. The summed E-state index contributed by atoms with van der Waals surface area (Å²) < 4.78 is 10.1. The maximum absolute atomic E-state index is 11.6. The van der Waals surface area contributed by atoms with E-state index in [1.807, 2.05) is 6.07 Å². The summed E-state index contributed by atoms with van der Waals surface area (Å²) in [5.41, 5.74) is 0.459. The predicted molar refractivity (Wildman–Crippen MR) is 66.9 cm³/mol. The van der Waals surface area contributed by atoms with Crippen molar-refractivity contribution in [2.75, 3.05) is 12.4 Å². The van der Waals surface area contributed by atoms with Crippen LogP contribution in [-0.2, 0) is 0 Å². The standard InChI is InChI=1S/C13H12N2O3/c1-17-12-11(8-5-9-14-12)15-13(16)18-10-6-3-2-4-7-10/h2-9H,1H3,(H,15,16). The monoisotopic (exact) mass is 244 g/mol. The second-order valence-electron chi connectivity index (χ2n) is 3.39. The van der Waals surface area contributed by atoms with Crippen molar-refractivity contribution in [3.63, 3.8) is 0 Å². The SMILES string of the molecule is COc1ncccc1NC(=O)Oc1ccccc1. The Balaban J connectivity index is 2.03. The Kier molecular flexibility index (Phi) is 3.76. The van der Waals surface area contributed by atoms with E-state index in [4.69, 9.17) is 9.47 Å². The van der Waals surface area contributed by atoms with E-state index in [9.17, 15) is 4.79 Å². The average Bonchev–Trinajstić information content (AvgIpc) is 2.40. The van der Waals surface area contributed by atoms with Crippen LogP contribution in [0.4, 0.5) is 10.5 Å². The minimum atomic E-state index is -0.590. The van der Waals surface area contributed by atoms with Crippen LogP contribution in [0.2, 0.25) is 0 Å². The van der Waals surface area contributed by atoms with E-state index in [1.165, 1.54) is 7.11 Å². The van der Waals surface area contributed by atoms with Crippen LogP contribution in [0.15, 0.2) is 48.7 Å². The predicted octanol–water partition coefficient (Wildman–Crippen LogP) is 2.70. The number of methoxy groups -OCH3 is 1. The summed E-state index contributed by atoms with van der Waals surface area (Å²) in [6, 6.07) is 12.2. The van der Waals surface area contributed by atoms with Crippen molar-refractivity contribution in [2.45, 2.75) is 0 Å². The van der Waals surface area contributed by atoms with E-state index < -0.39 is 6.09 Å². The number of amides is 1. The molecule has 0 aliphatic rings. The van der Waals surface area contributed by atoms with Crippen molar-refractivity contribution in [3.05, 3.63) is 48.7 Å². The highest BCUT2D eigenvalue weighted by atomic mass is 16.6. The molecule has 0 spiro atoms. The van der Waals surface area contributed by atoms with Gasteiger partial charge in [-0.05, 0) is 24.3 Å². The molecule has 2 rings (SSSR count). The molecule has 0 bridgehead atoms. The van der Waals surface area contributed by atoms with Gasteiger partial charge >= 0.3 is 6.09 Å². The van der Waals surface area contributed by atoms with Crippen LogP contribution in [0.1, 0.15) is 0 Å². The average molecular weight is 244 g/mol. The Morgan fingerprint density at radius 1 is 1.17 bits per heavy atom. The molecule has 1 N–H and O–H groups in total. The molecule has 0 aliphatic heterocycles.